The Hall–Kier alpha value is -2.68. The minimum atomic E-state index is -0.496. The fraction of sp³-hybridized carbons (Fsp3) is 0.529. The van der Waals surface area contributed by atoms with Crippen LogP contribution < -0.4 is 10.6 Å². The van der Waals surface area contributed by atoms with Crippen molar-refractivity contribution in [2.45, 2.75) is 38.5 Å². The molecule has 3 N–H and O–H groups in total. The first-order valence-corrected chi connectivity index (χ1v) is 8.91. The molecule has 0 saturated heterocycles. The van der Waals surface area contributed by atoms with Crippen LogP contribution >= 0.6 is 0 Å². The maximum atomic E-state index is 11.5. The highest BCUT2D eigenvalue weighted by molar-refractivity contribution is 5.99. The number of benzene rings is 1. The monoisotopic (exact) mass is 361 g/mol. The molecular formula is C17H23N5O4. The number of nitro groups is 1. The van der Waals surface area contributed by atoms with E-state index in [4.69, 9.17) is 9.74 Å². The van der Waals surface area contributed by atoms with Gasteiger partial charge in [-0.3, -0.25) is 10.1 Å². The number of aliphatic hydroxyl groups excluding tert-OH is 1. The summed E-state index contributed by atoms with van der Waals surface area (Å²) in [5.74, 6) is 0. The first-order chi connectivity index (χ1) is 12.7. The van der Waals surface area contributed by atoms with E-state index in [0.29, 0.717) is 36.4 Å². The first kappa shape index (κ1) is 18.1. The van der Waals surface area contributed by atoms with Gasteiger partial charge in [0.25, 0.3) is 0 Å². The number of fused-ring (bicyclic) bond motifs is 1. The fourth-order valence-corrected chi connectivity index (χ4v) is 3.18. The number of nitro benzene ring substituents is 1. The number of nitrogens with one attached hydrogen (secondary N) is 2. The average Bonchev–Trinajstić information content (AvgIpc) is 3.12. The summed E-state index contributed by atoms with van der Waals surface area (Å²) >= 11 is 0. The minimum Gasteiger partial charge on any atom is -0.396 e. The van der Waals surface area contributed by atoms with Crippen LogP contribution in [0.2, 0.25) is 0 Å². The molecule has 0 atom stereocenters. The number of hydrogen-bond donors (Lipinski definition) is 3. The van der Waals surface area contributed by atoms with Gasteiger partial charge >= 0.3 is 5.69 Å². The SMILES string of the molecule is O=[N+]([O-])c1c(NCCCO)cc(NCCC2=CCCCC2)c2nonc12. The highest BCUT2D eigenvalue weighted by atomic mass is 16.6. The van der Waals surface area contributed by atoms with Gasteiger partial charge in [0.2, 0.25) is 5.52 Å². The Bertz CT molecular complexity index is 802. The predicted octanol–water partition coefficient (Wildman–Crippen LogP) is 3.23. The average molecular weight is 361 g/mol. The van der Waals surface area contributed by atoms with Crippen LogP contribution in [-0.2, 0) is 0 Å². The highest BCUT2D eigenvalue weighted by Crippen LogP contribution is 2.36. The molecule has 26 heavy (non-hydrogen) atoms. The third kappa shape index (κ3) is 4.10. The molecule has 0 aliphatic heterocycles. The van der Waals surface area contributed by atoms with E-state index in [1.165, 1.54) is 18.4 Å². The summed E-state index contributed by atoms with van der Waals surface area (Å²) < 4.78 is 4.75. The smallest absolute Gasteiger partial charge is 0.323 e. The van der Waals surface area contributed by atoms with Crippen molar-refractivity contribution in [3.63, 3.8) is 0 Å². The Morgan fingerprint density at radius 2 is 2.00 bits per heavy atom. The van der Waals surface area contributed by atoms with E-state index in [9.17, 15) is 10.1 Å². The Kier molecular flexibility index (Phi) is 6.00. The molecule has 0 saturated carbocycles. The van der Waals surface area contributed by atoms with Gasteiger partial charge in [-0.25, -0.2) is 4.63 Å². The van der Waals surface area contributed by atoms with E-state index >= 15 is 0 Å². The van der Waals surface area contributed by atoms with E-state index in [1.54, 1.807) is 6.07 Å². The third-order valence-electron chi connectivity index (χ3n) is 4.49. The van der Waals surface area contributed by atoms with Gasteiger partial charge in [-0.1, -0.05) is 11.6 Å². The number of aromatic nitrogens is 2. The van der Waals surface area contributed by atoms with Crippen molar-refractivity contribution < 1.29 is 14.7 Å². The van der Waals surface area contributed by atoms with Crippen molar-refractivity contribution >= 4 is 28.1 Å². The van der Waals surface area contributed by atoms with Crippen LogP contribution in [0.1, 0.15) is 38.5 Å². The van der Waals surface area contributed by atoms with Gasteiger partial charge in [-0.15, -0.1) is 0 Å². The lowest BCUT2D eigenvalue weighted by molar-refractivity contribution is -0.382. The van der Waals surface area contributed by atoms with Gasteiger partial charge in [-0.05, 0) is 54.9 Å². The number of aliphatic hydroxyl groups is 1. The zero-order valence-electron chi connectivity index (χ0n) is 14.5. The molecule has 1 aliphatic carbocycles. The van der Waals surface area contributed by atoms with Gasteiger partial charge in [0.1, 0.15) is 5.69 Å². The molecule has 1 aromatic carbocycles. The molecule has 0 bridgehead atoms. The van der Waals surface area contributed by atoms with Gasteiger partial charge in [0.05, 0.1) is 10.6 Å². The van der Waals surface area contributed by atoms with Crippen LogP contribution in [0.15, 0.2) is 22.3 Å². The summed E-state index contributed by atoms with van der Waals surface area (Å²) in [5.41, 5.74) is 2.73. The second kappa shape index (κ2) is 8.61. The molecule has 3 rings (SSSR count). The second-order valence-electron chi connectivity index (χ2n) is 6.33. The van der Waals surface area contributed by atoms with Crippen LogP contribution in [0.3, 0.4) is 0 Å². The third-order valence-corrected chi connectivity index (χ3v) is 4.49. The van der Waals surface area contributed by atoms with Gasteiger partial charge in [0.15, 0.2) is 5.52 Å². The zero-order valence-corrected chi connectivity index (χ0v) is 14.5. The van der Waals surface area contributed by atoms with Crippen LogP contribution in [0.25, 0.3) is 11.0 Å². The van der Waals surface area contributed by atoms with Crippen LogP contribution in [0.5, 0.6) is 0 Å². The Balaban J connectivity index is 1.81. The summed E-state index contributed by atoms with van der Waals surface area (Å²) in [6, 6.07) is 1.66. The number of rotatable bonds is 9. The molecule has 9 nitrogen and oxygen atoms in total. The number of allylic oxidation sites excluding steroid dienone is 1. The molecule has 0 radical (unpaired) electrons. The van der Waals surface area contributed by atoms with Crippen molar-refractivity contribution in [3.05, 3.63) is 27.8 Å². The lowest BCUT2D eigenvalue weighted by atomic mass is 9.97. The highest BCUT2D eigenvalue weighted by Gasteiger charge is 2.25. The van der Waals surface area contributed by atoms with Gasteiger partial charge in [-0.2, -0.15) is 0 Å². The second-order valence-corrected chi connectivity index (χ2v) is 6.33. The van der Waals surface area contributed by atoms with Crippen molar-refractivity contribution in [1.29, 1.82) is 0 Å². The summed E-state index contributed by atoms with van der Waals surface area (Å²) in [4.78, 5) is 11.0. The summed E-state index contributed by atoms with van der Waals surface area (Å²) in [7, 11) is 0. The molecule has 1 heterocycles. The van der Waals surface area contributed by atoms with Crippen molar-refractivity contribution in [2.24, 2.45) is 0 Å². The zero-order chi connectivity index (χ0) is 18.4. The molecule has 9 heteroatoms. The van der Waals surface area contributed by atoms with E-state index in [1.807, 2.05) is 0 Å². The normalized spacial score (nSPS) is 14.3. The Morgan fingerprint density at radius 1 is 1.19 bits per heavy atom. The van der Waals surface area contributed by atoms with Crippen LogP contribution in [-0.4, -0.2) is 40.0 Å². The summed E-state index contributed by atoms with van der Waals surface area (Å²) in [6.07, 6.45) is 8.49. The number of nitrogens with zero attached hydrogens (tertiary/aromatic N) is 3. The lowest BCUT2D eigenvalue weighted by Gasteiger charge is -2.14. The topological polar surface area (TPSA) is 126 Å². The van der Waals surface area contributed by atoms with Crippen molar-refractivity contribution in [2.75, 3.05) is 30.3 Å². The van der Waals surface area contributed by atoms with Crippen LogP contribution in [0.4, 0.5) is 17.1 Å². The molecule has 140 valence electrons. The van der Waals surface area contributed by atoms with E-state index in [2.05, 4.69) is 27.0 Å². The maximum Gasteiger partial charge on any atom is 0.323 e. The number of hydrogen-bond acceptors (Lipinski definition) is 8. The molecule has 1 aliphatic rings. The van der Waals surface area contributed by atoms with Crippen molar-refractivity contribution in [1.82, 2.24) is 10.3 Å². The summed E-state index contributed by atoms with van der Waals surface area (Å²) in [5, 5.41) is 34.3. The predicted molar refractivity (Wildman–Crippen MR) is 98.3 cm³/mol. The lowest BCUT2D eigenvalue weighted by Crippen LogP contribution is -2.09. The fourth-order valence-electron chi connectivity index (χ4n) is 3.18. The quantitative estimate of drug-likeness (QED) is 0.269. The van der Waals surface area contributed by atoms with Gasteiger partial charge < -0.3 is 15.7 Å². The van der Waals surface area contributed by atoms with Crippen molar-refractivity contribution in [3.8, 4) is 0 Å². The standard InChI is InChI=1S/C17H23N5O4/c23-10-4-8-18-14-11-13(19-9-7-12-5-2-1-3-6-12)15-16(21-26-20-15)17(14)22(24)25/h5,11,18-19,23H,1-4,6-10H2. The first-order valence-electron chi connectivity index (χ1n) is 8.91. The molecule has 0 fully saturated rings. The largest absolute Gasteiger partial charge is 0.396 e. The van der Waals surface area contributed by atoms with E-state index in [-0.39, 0.29) is 17.8 Å². The molecular weight excluding hydrogens is 338 g/mol. The minimum absolute atomic E-state index is 0.00871. The van der Waals surface area contributed by atoms with Crippen LogP contribution in [0, 0.1) is 10.1 Å². The molecule has 0 unspecified atom stereocenters. The molecule has 0 amide bonds. The molecule has 0 spiro atoms. The maximum absolute atomic E-state index is 11.5. The van der Waals surface area contributed by atoms with E-state index < -0.39 is 4.92 Å². The molecule has 1 aromatic heterocycles. The summed E-state index contributed by atoms with van der Waals surface area (Å²) in [6.45, 7) is 1.14. The molecule has 2 aromatic rings. The Labute approximate surface area is 150 Å². The number of anilines is 2. The van der Waals surface area contributed by atoms with E-state index in [0.717, 1.165) is 19.3 Å². The Morgan fingerprint density at radius 3 is 2.73 bits per heavy atom. The van der Waals surface area contributed by atoms with Gasteiger partial charge in [0, 0.05) is 19.7 Å².